The van der Waals surface area contributed by atoms with E-state index in [-0.39, 0.29) is 0 Å². The summed E-state index contributed by atoms with van der Waals surface area (Å²) in [5, 5.41) is 21.1. The molecular weight excluding hydrogens is 378 g/mol. The molecule has 5 heteroatoms. The van der Waals surface area contributed by atoms with Crippen LogP contribution >= 0.6 is 0 Å². The lowest BCUT2D eigenvalue weighted by atomic mass is 10.0. The van der Waals surface area contributed by atoms with E-state index < -0.39 is 30.4 Å². The molecular formula is C25H27NO4. The van der Waals surface area contributed by atoms with Gasteiger partial charge < -0.3 is 15.5 Å². The maximum atomic E-state index is 12.3. The van der Waals surface area contributed by atoms with E-state index in [2.05, 4.69) is 29.3 Å². The van der Waals surface area contributed by atoms with E-state index in [4.69, 9.17) is 5.11 Å². The molecule has 0 spiro atoms. The first-order valence-corrected chi connectivity index (χ1v) is 10.3. The summed E-state index contributed by atoms with van der Waals surface area (Å²) in [6.45, 7) is 0.642. The molecule has 0 heterocycles. The first-order valence-electron chi connectivity index (χ1n) is 10.3. The van der Waals surface area contributed by atoms with Crippen molar-refractivity contribution in [2.75, 3.05) is 6.61 Å². The number of carbonyl (C=O) groups excluding carboxylic acids is 2. The quantitative estimate of drug-likeness (QED) is 0.589. The maximum Gasteiger partial charge on any atom is 0.251 e. The van der Waals surface area contributed by atoms with Crippen molar-refractivity contribution in [2.45, 2.75) is 44.8 Å². The Balaban J connectivity index is 1.59. The third-order valence-electron chi connectivity index (χ3n) is 5.26. The average molecular weight is 405 g/mol. The lowest BCUT2D eigenvalue weighted by Crippen LogP contribution is -2.48. The Hall–Kier alpha value is -2.94. The highest BCUT2D eigenvalue weighted by Crippen LogP contribution is 2.33. The van der Waals surface area contributed by atoms with Crippen LogP contribution in [-0.2, 0) is 11.2 Å². The van der Waals surface area contributed by atoms with Crippen LogP contribution in [0.3, 0.4) is 0 Å². The highest BCUT2D eigenvalue weighted by molar-refractivity contribution is 5.98. The molecule has 1 aliphatic carbocycles. The minimum Gasteiger partial charge on any atom is -0.391 e. The van der Waals surface area contributed by atoms with Crippen LogP contribution in [0.2, 0.25) is 0 Å². The Morgan fingerprint density at radius 2 is 1.60 bits per heavy atom. The van der Waals surface area contributed by atoms with Crippen molar-refractivity contribution in [1.82, 2.24) is 5.32 Å². The molecule has 2 atom stereocenters. The van der Waals surface area contributed by atoms with E-state index in [1.165, 1.54) is 31.7 Å². The molecule has 3 N–H and O–H groups in total. The van der Waals surface area contributed by atoms with Gasteiger partial charge in [-0.3, -0.25) is 9.59 Å². The Labute approximate surface area is 177 Å². The van der Waals surface area contributed by atoms with Crippen LogP contribution in [0.25, 0.3) is 0 Å². The number of aliphatic hydroxyl groups is 2. The molecule has 0 aliphatic heterocycles. The largest absolute Gasteiger partial charge is 0.391 e. The molecule has 1 aliphatic rings. The lowest BCUT2D eigenvalue weighted by molar-refractivity contribution is -0.125. The summed E-state index contributed by atoms with van der Waals surface area (Å²) in [6.07, 6.45) is 4.07. The minimum atomic E-state index is -1.14. The first-order chi connectivity index (χ1) is 14.5. The van der Waals surface area contributed by atoms with E-state index in [0.717, 1.165) is 23.5 Å². The number of hydrogen-bond donors (Lipinski definition) is 3. The molecule has 1 fully saturated rings. The topological polar surface area (TPSA) is 86.6 Å². The van der Waals surface area contributed by atoms with Gasteiger partial charge >= 0.3 is 0 Å². The van der Waals surface area contributed by atoms with Crippen molar-refractivity contribution < 1.29 is 19.8 Å². The van der Waals surface area contributed by atoms with E-state index in [9.17, 15) is 14.7 Å². The standard InChI is InChI=1S/C25H27NO4/c1-17(28)24(23(29)16-27)26-25(30)22-14-12-21(13-15-22)11-10-20-8-6-19(7-9-20)5-4-18-2-3-18/h6-9,12-15,17-18,24,27-28H,2-5,16H2,1H3,(H,26,30)/t17-,24+/m1/s1. The maximum absolute atomic E-state index is 12.3. The number of hydrogen-bond acceptors (Lipinski definition) is 4. The zero-order valence-electron chi connectivity index (χ0n) is 17.1. The molecule has 156 valence electrons. The fraction of sp³-hybridized carbons (Fsp3) is 0.360. The van der Waals surface area contributed by atoms with Crippen LogP contribution in [0.15, 0.2) is 48.5 Å². The van der Waals surface area contributed by atoms with E-state index in [0.29, 0.717) is 5.56 Å². The van der Waals surface area contributed by atoms with Crippen LogP contribution in [0, 0.1) is 17.8 Å². The van der Waals surface area contributed by atoms with Gasteiger partial charge in [0, 0.05) is 16.7 Å². The second kappa shape index (κ2) is 10.2. The van der Waals surface area contributed by atoms with Crippen molar-refractivity contribution >= 4 is 11.7 Å². The Kier molecular flexibility index (Phi) is 7.40. The molecule has 30 heavy (non-hydrogen) atoms. The normalized spacial score (nSPS) is 14.9. The first kappa shape index (κ1) is 21.8. The van der Waals surface area contributed by atoms with E-state index >= 15 is 0 Å². The Morgan fingerprint density at radius 1 is 1.03 bits per heavy atom. The van der Waals surface area contributed by atoms with Gasteiger partial charge in [-0.15, -0.1) is 0 Å². The fourth-order valence-electron chi connectivity index (χ4n) is 3.17. The van der Waals surface area contributed by atoms with Gasteiger partial charge in [0.25, 0.3) is 5.91 Å². The molecule has 0 saturated heterocycles. The van der Waals surface area contributed by atoms with E-state index in [1.54, 1.807) is 24.3 Å². The molecule has 2 aromatic carbocycles. The van der Waals surface area contributed by atoms with Crippen molar-refractivity contribution in [3.8, 4) is 11.8 Å². The number of amides is 1. The number of ketones is 1. The van der Waals surface area contributed by atoms with Gasteiger partial charge in [-0.25, -0.2) is 0 Å². The van der Waals surface area contributed by atoms with Crippen LogP contribution in [-0.4, -0.2) is 40.7 Å². The second-order valence-corrected chi connectivity index (χ2v) is 7.82. The number of carbonyl (C=O) groups is 2. The van der Waals surface area contributed by atoms with Crippen LogP contribution in [0.5, 0.6) is 0 Å². The van der Waals surface area contributed by atoms with Crippen molar-refractivity contribution in [1.29, 1.82) is 0 Å². The number of aliphatic hydroxyl groups excluding tert-OH is 2. The molecule has 0 radical (unpaired) electrons. The molecule has 5 nitrogen and oxygen atoms in total. The number of nitrogens with one attached hydrogen (secondary N) is 1. The molecule has 2 aromatic rings. The molecule has 1 amide bonds. The number of rotatable bonds is 8. The van der Waals surface area contributed by atoms with Crippen molar-refractivity contribution in [3.63, 3.8) is 0 Å². The number of benzene rings is 2. The third kappa shape index (κ3) is 6.28. The van der Waals surface area contributed by atoms with Crippen LogP contribution in [0.4, 0.5) is 0 Å². The van der Waals surface area contributed by atoms with Gasteiger partial charge in [-0.05, 0) is 67.6 Å². The van der Waals surface area contributed by atoms with Crippen LogP contribution < -0.4 is 5.32 Å². The summed E-state index contributed by atoms with van der Waals surface area (Å²) in [4.78, 5) is 24.0. The van der Waals surface area contributed by atoms with Gasteiger partial charge in [0.15, 0.2) is 5.78 Å². The summed E-state index contributed by atoms with van der Waals surface area (Å²) < 4.78 is 0. The zero-order chi connectivity index (χ0) is 21.5. The van der Waals surface area contributed by atoms with Gasteiger partial charge in [-0.2, -0.15) is 0 Å². The van der Waals surface area contributed by atoms with Gasteiger partial charge in [-0.1, -0.05) is 36.8 Å². The van der Waals surface area contributed by atoms with Crippen LogP contribution in [0.1, 0.15) is 53.2 Å². The van der Waals surface area contributed by atoms with Gasteiger partial charge in [0.2, 0.25) is 0 Å². The summed E-state index contributed by atoms with van der Waals surface area (Å²) in [7, 11) is 0. The summed E-state index contributed by atoms with van der Waals surface area (Å²) in [5.41, 5.74) is 3.40. The third-order valence-corrected chi connectivity index (χ3v) is 5.26. The smallest absolute Gasteiger partial charge is 0.251 e. The molecule has 0 unspecified atom stereocenters. The molecule has 3 rings (SSSR count). The molecule has 1 saturated carbocycles. The Morgan fingerprint density at radius 3 is 2.10 bits per heavy atom. The van der Waals surface area contributed by atoms with Crippen molar-refractivity contribution in [3.05, 3.63) is 70.8 Å². The summed E-state index contributed by atoms with van der Waals surface area (Å²) in [5.74, 6) is 6.01. The summed E-state index contributed by atoms with van der Waals surface area (Å²) in [6, 6.07) is 13.9. The monoisotopic (exact) mass is 405 g/mol. The predicted molar refractivity (Wildman–Crippen MR) is 115 cm³/mol. The molecule has 0 bridgehead atoms. The minimum absolute atomic E-state index is 0.344. The van der Waals surface area contributed by atoms with E-state index in [1.807, 2.05) is 12.1 Å². The average Bonchev–Trinajstić information content (AvgIpc) is 3.59. The highest BCUT2D eigenvalue weighted by atomic mass is 16.3. The SMILES string of the molecule is C[C@@H](O)[C@H](NC(=O)c1ccc(C#Cc2ccc(CCC3CC3)cc2)cc1)C(=O)CO. The zero-order valence-corrected chi connectivity index (χ0v) is 17.1. The number of aryl methyl sites for hydroxylation is 1. The Bertz CT molecular complexity index is 932. The molecule has 0 aromatic heterocycles. The van der Waals surface area contributed by atoms with Crippen molar-refractivity contribution in [2.24, 2.45) is 5.92 Å². The fourth-order valence-corrected chi connectivity index (χ4v) is 3.17. The summed E-state index contributed by atoms with van der Waals surface area (Å²) >= 11 is 0. The lowest BCUT2D eigenvalue weighted by Gasteiger charge is -2.19. The predicted octanol–water partition coefficient (Wildman–Crippen LogP) is 2.47. The number of Topliss-reactive ketones (excluding diaryl/α,β-unsaturated/α-hetero) is 1. The van der Waals surface area contributed by atoms with Gasteiger partial charge in [0.05, 0.1) is 6.10 Å². The second-order valence-electron chi connectivity index (χ2n) is 7.82. The highest BCUT2D eigenvalue weighted by Gasteiger charge is 2.25. The van der Waals surface area contributed by atoms with Gasteiger partial charge in [0.1, 0.15) is 12.6 Å².